The summed E-state index contributed by atoms with van der Waals surface area (Å²) >= 11 is 0. The molecule has 6 nitrogen and oxygen atoms in total. The summed E-state index contributed by atoms with van der Waals surface area (Å²) < 4.78 is 4.79. The quantitative estimate of drug-likeness (QED) is 0.160. The van der Waals surface area contributed by atoms with E-state index in [0.29, 0.717) is 0 Å². The van der Waals surface area contributed by atoms with E-state index >= 15 is 0 Å². The molecule has 13 aromatic carbocycles. The molecule has 2 aliphatic rings. The summed E-state index contributed by atoms with van der Waals surface area (Å²) in [4.78, 5) is 21.0. The van der Waals surface area contributed by atoms with E-state index in [1.54, 1.807) is 0 Å². The minimum atomic E-state index is 0.717. The Hall–Kier alpha value is -11.6. The van der Waals surface area contributed by atoms with Crippen LogP contribution in [0.3, 0.4) is 0 Å². The minimum absolute atomic E-state index is 0.717. The Bertz CT molecular complexity index is 5770. The molecule has 0 saturated carbocycles. The summed E-state index contributed by atoms with van der Waals surface area (Å²) in [5, 5.41) is 9.48. The Labute approximate surface area is 493 Å². The predicted molar refractivity (Wildman–Crippen MR) is 355 cm³/mol. The van der Waals surface area contributed by atoms with E-state index in [2.05, 4.69) is 288 Å². The molecule has 2 aliphatic carbocycles. The molecule has 0 N–H and O–H groups in total. The molecule has 0 spiro atoms. The molecule has 17 aromatic rings. The molecule has 0 radical (unpaired) electrons. The van der Waals surface area contributed by atoms with Crippen molar-refractivity contribution < 1.29 is 0 Å². The molecule has 0 atom stereocenters. The van der Waals surface area contributed by atoms with Gasteiger partial charge in [0.2, 0.25) is 0 Å². The van der Waals surface area contributed by atoms with Gasteiger partial charge in [-0.05, 0) is 151 Å². The van der Waals surface area contributed by atoms with E-state index < -0.39 is 0 Å². The van der Waals surface area contributed by atoms with Crippen LogP contribution in [0.4, 0.5) is 0 Å². The van der Waals surface area contributed by atoms with Crippen molar-refractivity contribution in [2.75, 3.05) is 0 Å². The van der Waals surface area contributed by atoms with Gasteiger partial charge in [0.05, 0.1) is 44.5 Å². The summed E-state index contributed by atoms with van der Waals surface area (Å²) in [5.74, 6) is 1.46. The Morgan fingerprint density at radius 2 is 0.709 bits per heavy atom. The monoisotopic (exact) mass is 1090 g/mol. The average molecular weight is 1090 g/mol. The van der Waals surface area contributed by atoms with Crippen LogP contribution >= 0.6 is 0 Å². The largest absolute Gasteiger partial charge is 0.309 e. The summed E-state index contributed by atoms with van der Waals surface area (Å²) in [6.45, 7) is 0. The number of rotatable bonds is 7. The van der Waals surface area contributed by atoms with Gasteiger partial charge in [-0.1, -0.05) is 194 Å². The SMILES string of the molecule is c1ccc(-n2c3ccccc3c3ccc(-c4cccc(-c5nc6c7c(cccc7n5)-c5cc(-c7ccc(-n8c9ccccc9c9c(-c%10ccc%11cc(-c%12nc%13c%14c(cccc%14n%12)-c%12ccccc%12-%13)ccc%11c%10)cccc98)cc7)ccc5-6)c4)cc32)cc1. The van der Waals surface area contributed by atoms with Gasteiger partial charge in [0.15, 0.2) is 11.6 Å². The summed E-state index contributed by atoms with van der Waals surface area (Å²) in [7, 11) is 0. The van der Waals surface area contributed by atoms with E-state index in [0.717, 1.165) is 101 Å². The summed E-state index contributed by atoms with van der Waals surface area (Å²) in [6, 6.07) is 101. The number of para-hydroxylation sites is 3. The first kappa shape index (κ1) is 46.9. The molecule has 6 heteroatoms. The lowest BCUT2D eigenvalue weighted by Gasteiger charge is -2.11. The fourth-order valence-corrected chi connectivity index (χ4v) is 14.3. The standard InChI is InChI=1S/C80H46N6/c1-2-16-56(17-3-1)86-70-27-8-6-19-60(70)61-40-36-52(46-73(61)86)48-14-10-15-54(43-48)79-81-69-26-12-24-63-67-45-51(37-41-65(67)78(84-79)76(63)69)47-34-38-57(39-35-47)85-71-28-9-7-21-66(71)74-58(22-13-29-72(74)85)53-32-30-50-44-55(33-31-49(50)42-53)80-82-68-25-11-23-62-59-18-4-5-20-64(59)77(83-80)75(62)68/h1-46H. The van der Waals surface area contributed by atoms with E-state index in [-0.39, 0.29) is 0 Å². The smallest absolute Gasteiger partial charge is 0.160 e. The van der Waals surface area contributed by atoms with Gasteiger partial charge in [-0.3, -0.25) is 0 Å². The van der Waals surface area contributed by atoms with Gasteiger partial charge in [0.1, 0.15) is 0 Å². The molecule has 396 valence electrons. The third-order valence-corrected chi connectivity index (χ3v) is 18.2. The zero-order chi connectivity index (χ0) is 56.1. The Balaban J connectivity index is 0.638. The highest BCUT2D eigenvalue weighted by Gasteiger charge is 2.27. The second-order valence-electron chi connectivity index (χ2n) is 22.9. The van der Waals surface area contributed by atoms with Gasteiger partial charge in [0, 0.05) is 65.9 Å². The molecule has 0 amide bonds. The number of nitrogens with zero attached hydrogens (tertiary/aromatic N) is 6. The molecule has 4 aromatic heterocycles. The maximum atomic E-state index is 5.39. The fraction of sp³-hybridized carbons (Fsp3) is 0. The highest BCUT2D eigenvalue weighted by Crippen LogP contribution is 2.50. The van der Waals surface area contributed by atoms with Crippen molar-refractivity contribution in [1.29, 1.82) is 0 Å². The van der Waals surface area contributed by atoms with Crippen LogP contribution in [0.2, 0.25) is 0 Å². The van der Waals surface area contributed by atoms with Crippen LogP contribution in [0.15, 0.2) is 279 Å². The van der Waals surface area contributed by atoms with Crippen molar-refractivity contribution in [3.05, 3.63) is 279 Å². The van der Waals surface area contributed by atoms with Crippen LogP contribution in [-0.2, 0) is 0 Å². The van der Waals surface area contributed by atoms with E-state index in [1.807, 2.05) is 0 Å². The highest BCUT2D eigenvalue weighted by molar-refractivity contribution is 6.18. The molecule has 0 saturated heterocycles. The minimum Gasteiger partial charge on any atom is -0.309 e. The topological polar surface area (TPSA) is 61.4 Å². The predicted octanol–water partition coefficient (Wildman–Crippen LogP) is 20.6. The lowest BCUT2D eigenvalue weighted by atomic mass is 9.96. The van der Waals surface area contributed by atoms with Crippen LogP contribution in [0.25, 0.3) is 188 Å². The van der Waals surface area contributed by atoms with Crippen molar-refractivity contribution in [3.8, 4) is 112 Å². The number of benzene rings is 13. The molecular formula is C80H46N6. The van der Waals surface area contributed by atoms with Gasteiger partial charge in [-0.2, -0.15) is 0 Å². The maximum Gasteiger partial charge on any atom is 0.160 e. The summed E-state index contributed by atoms with van der Waals surface area (Å²) in [5.41, 5.74) is 26.9. The molecule has 19 rings (SSSR count). The van der Waals surface area contributed by atoms with Gasteiger partial charge in [0.25, 0.3) is 0 Å². The first-order valence-electron chi connectivity index (χ1n) is 29.4. The molecule has 0 unspecified atom stereocenters. The number of fused-ring (bicyclic) bond motifs is 13. The lowest BCUT2D eigenvalue weighted by Crippen LogP contribution is -1.94. The van der Waals surface area contributed by atoms with E-state index in [4.69, 9.17) is 19.9 Å². The second kappa shape index (κ2) is 18.0. The molecular weight excluding hydrogens is 1040 g/mol. The van der Waals surface area contributed by atoms with E-state index in [1.165, 1.54) is 87.9 Å². The fourth-order valence-electron chi connectivity index (χ4n) is 14.3. The van der Waals surface area contributed by atoms with Gasteiger partial charge >= 0.3 is 0 Å². The van der Waals surface area contributed by atoms with Gasteiger partial charge < -0.3 is 9.13 Å². The number of hydrogen-bond acceptors (Lipinski definition) is 4. The third-order valence-electron chi connectivity index (χ3n) is 18.2. The Kier molecular flexibility index (Phi) is 9.80. The second-order valence-corrected chi connectivity index (χ2v) is 22.9. The van der Waals surface area contributed by atoms with Crippen molar-refractivity contribution in [2.24, 2.45) is 0 Å². The van der Waals surface area contributed by atoms with Crippen LogP contribution < -0.4 is 0 Å². The Morgan fingerprint density at radius 1 is 0.221 bits per heavy atom. The van der Waals surface area contributed by atoms with Crippen molar-refractivity contribution >= 4 is 76.2 Å². The van der Waals surface area contributed by atoms with Crippen LogP contribution in [-0.4, -0.2) is 29.1 Å². The van der Waals surface area contributed by atoms with E-state index in [9.17, 15) is 0 Å². The third kappa shape index (κ3) is 6.89. The van der Waals surface area contributed by atoms with Crippen molar-refractivity contribution in [1.82, 2.24) is 29.1 Å². The molecule has 4 heterocycles. The van der Waals surface area contributed by atoms with Crippen LogP contribution in [0, 0.1) is 0 Å². The van der Waals surface area contributed by atoms with Crippen LogP contribution in [0.5, 0.6) is 0 Å². The lowest BCUT2D eigenvalue weighted by molar-refractivity contribution is 1.18. The normalized spacial score (nSPS) is 12.2. The molecule has 0 fully saturated rings. The van der Waals surface area contributed by atoms with Crippen LogP contribution in [0.1, 0.15) is 0 Å². The van der Waals surface area contributed by atoms with Gasteiger partial charge in [-0.15, -0.1) is 0 Å². The zero-order valence-electron chi connectivity index (χ0n) is 46.2. The van der Waals surface area contributed by atoms with Gasteiger partial charge in [-0.25, -0.2) is 19.9 Å². The molecule has 86 heavy (non-hydrogen) atoms. The Morgan fingerprint density at radius 3 is 1.49 bits per heavy atom. The highest BCUT2D eigenvalue weighted by atomic mass is 15.0. The number of aromatic nitrogens is 6. The van der Waals surface area contributed by atoms with Crippen molar-refractivity contribution in [3.63, 3.8) is 0 Å². The zero-order valence-corrected chi connectivity index (χ0v) is 46.2. The maximum absolute atomic E-state index is 5.39. The molecule has 0 aliphatic heterocycles. The first-order chi connectivity index (χ1) is 42.6. The first-order valence-corrected chi connectivity index (χ1v) is 29.4. The van der Waals surface area contributed by atoms with Crippen molar-refractivity contribution in [2.45, 2.75) is 0 Å². The average Bonchev–Trinajstić information content (AvgIpc) is 2.19. The molecule has 0 bridgehead atoms. The summed E-state index contributed by atoms with van der Waals surface area (Å²) in [6.07, 6.45) is 0. The number of hydrogen-bond donors (Lipinski definition) is 0.